The number of halogens is 1. The number of methoxy groups -OCH3 is 1. The summed E-state index contributed by atoms with van der Waals surface area (Å²) in [5, 5.41) is 15.7. The lowest BCUT2D eigenvalue weighted by Gasteiger charge is -2.20. The van der Waals surface area contributed by atoms with Crippen molar-refractivity contribution in [2.45, 2.75) is 13.5 Å². The lowest BCUT2D eigenvalue weighted by molar-refractivity contribution is -0.114. The van der Waals surface area contributed by atoms with Gasteiger partial charge in [-0.25, -0.2) is 0 Å². The van der Waals surface area contributed by atoms with Gasteiger partial charge in [-0.3, -0.25) is 15.2 Å². The molecular weight excluding hydrogens is 498 g/mol. The normalized spacial score (nSPS) is 16.1. The van der Waals surface area contributed by atoms with E-state index in [0.717, 1.165) is 16.7 Å². The van der Waals surface area contributed by atoms with Crippen molar-refractivity contribution in [3.05, 3.63) is 93.8 Å². The number of carbonyl (C=O) groups is 1. The van der Waals surface area contributed by atoms with Crippen LogP contribution < -0.4 is 9.47 Å². The van der Waals surface area contributed by atoms with E-state index in [9.17, 15) is 4.79 Å². The van der Waals surface area contributed by atoms with Crippen LogP contribution in [0.2, 0.25) is 5.02 Å². The third kappa shape index (κ3) is 4.75. The summed E-state index contributed by atoms with van der Waals surface area (Å²) in [4.78, 5) is 21.0. The van der Waals surface area contributed by atoms with E-state index in [2.05, 4.69) is 15.1 Å². The van der Waals surface area contributed by atoms with Gasteiger partial charge in [0.05, 0.1) is 17.7 Å². The smallest absolute Gasteiger partial charge is 0.283 e. The lowest BCUT2D eigenvalue weighted by atomic mass is 10.1. The van der Waals surface area contributed by atoms with Crippen LogP contribution in [0.1, 0.15) is 22.3 Å². The second-order valence-corrected chi connectivity index (χ2v) is 9.34. The molecule has 36 heavy (non-hydrogen) atoms. The molecule has 0 radical (unpaired) electrons. The maximum atomic E-state index is 12.8. The van der Waals surface area contributed by atoms with Gasteiger partial charge in [-0.2, -0.15) is 15.1 Å². The molecule has 10 heteroatoms. The number of carbonyl (C=O) groups excluding carboxylic acids is 1. The zero-order valence-corrected chi connectivity index (χ0v) is 20.9. The van der Waals surface area contributed by atoms with Crippen molar-refractivity contribution in [2.24, 2.45) is 10.1 Å². The molecule has 3 aromatic rings. The molecule has 5 rings (SSSR count). The summed E-state index contributed by atoms with van der Waals surface area (Å²) in [5.41, 5.74) is 3.59. The molecule has 2 aliphatic heterocycles. The number of ether oxygens (including phenoxy) is 2. The molecule has 1 amide bonds. The lowest BCUT2D eigenvalue weighted by Crippen LogP contribution is -2.35. The Morgan fingerprint density at radius 3 is 2.72 bits per heavy atom. The van der Waals surface area contributed by atoms with Crippen LogP contribution in [-0.2, 0) is 11.4 Å². The number of fused-ring (bicyclic) bond motifs is 1. The van der Waals surface area contributed by atoms with Crippen LogP contribution in [0.4, 0.5) is 0 Å². The monoisotopic (exact) mass is 517 g/mol. The van der Waals surface area contributed by atoms with Crippen LogP contribution in [0, 0.1) is 12.3 Å². The van der Waals surface area contributed by atoms with E-state index in [1.54, 1.807) is 36.7 Å². The molecule has 180 valence electrons. The Morgan fingerprint density at radius 1 is 1.19 bits per heavy atom. The van der Waals surface area contributed by atoms with Gasteiger partial charge in [-0.1, -0.05) is 41.4 Å². The summed E-state index contributed by atoms with van der Waals surface area (Å²) in [6.07, 6.45) is 4.88. The van der Waals surface area contributed by atoms with Crippen LogP contribution in [0.5, 0.6) is 11.5 Å². The summed E-state index contributed by atoms with van der Waals surface area (Å²) < 4.78 is 11.4. The fraction of sp³-hybridized carbons (Fsp3) is 0.115. The van der Waals surface area contributed by atoms with Crippen molar-refractivity contribution in [2.75, 3.05) is 7.11 Å². The minimum Gasteiger partial charge on any atom is -0.493 e. The predicted molar refractivity (Wildman–Crippen MR) is 142 cm³/mol. The van der Waals surface area contributed by atoms with E-state index in [0.29, 0.717) is 38.9 Å². The fourth-order valence-electron chi connectivity index (χ4n) is 3.57. The molecule has 1 aromatic heterocycles. The number of aromatic nitrogens is 1. The highest BCUT2D eigenvalue weighted by Crippen LogP contribution is 2.38. The fourth-order valence-corrected chi connectivity index (χ4v) is 4.72. The number of amidine groups is 2. The number of benzene rings is 2. The SMILES string of the molecule is COc1cc(C=C2C(=N)N3N=C(c4cccnc4)SC3=NC2=O)cc(Cl)c1OCc1ccc(C)cc1. The number of nitrogens with one attached hydrogen (secondary N) is 1. The van der Waals surface area contributed by atoms with Crippen molar-refractivity contribution < 1.29 is 14.3 Å². The van der Waals surface area contributed by atoms with Crippen molar-refractivity contribution >= 4 is 51.4 Å². The Labute approximate surface area is 216 Å². The molecule has 0 saturated carbocycles. The van der Waals surface area contributed by atoms with E-state index in [4.69, 9.17) is 26.5 Å². The Kier molecular flexibility index (Phi) is 6.58. The maximum absolute atomic E-state index is 12.8. The molecule has 2 aliphatic rings. The molecule has 3 heterocycles. The van der Waals surface area contributed by atoms with Crippen molar-refractivity contribution in [3.63, 3.8) is 0 Å². The van der Waals surface area contributed by atoms with Gasteiger partial charge >= 0.3 is 0 Å². The summed E-state index contributed by atoms with van der Waals surface area (Å²) >= 11 is 7.75. The number of hydrogen-bond acceptors (Lipinski definition) is 7. The van der Waals surface area contributed by atoms with Gasteiger partial charge in [-0.15, -0.1) is 0 Å². The van der Waals surface area contributed by atoms with E-state index < -0.39 is 5.91 Å². The molecule has 1 N–H and O–H groups in total. The van der Waals surface area contributed by atoms with E-state index in [-0.39, 0.29) is 11.4 Å². The van der Waals surface area contributed by atoms with Crippen molar-refractivity contribution in [1.29, 1.82) is 5.41 Å². The first kappa shape index (κ1) is 23.8. The average Bonchev–Trinajstić information content (AvgIpc) is 3.31. The van der Waals surface area contributed by atoms with Gasteiger partial charge in [0.25, 0.3) is 5.91 Å². The highest BCUT2D eigenvalue weighted by molar-refractivity contribution is 8.27. The summed E-state index contributed by atoms with van der Waals surface area (Å²) in [5.74, 6) is 0.199. The van der Waals surface area contributed by atoms with Gasteiger partial charge in [0.15, 0.2) is 17.3 Å². The van der Waals surface area contributed by atoms with Gasteiger partial charge in [-0.05, 0) is 60.2 Å². The molecule has 2 aromatic carbocycles. The first-order valence-corrected chi connectivity index (χ1v) is 12.1. The minimum atomic E-state index is -0.531. The van der Waals surface area contributed by atoms with E-state index >= 15 is 0 Å². The van der Waals surface area contributed by atoms with Gasteiger partial charge < -0.3 is 9.47 Å². The van der Waals surface area contributed by atoms with Crippen LogP contribution in [0.25, 0.3) is 6.08 Å². The highest BCUT2D eigenvalue weighted by Gasteiger charge is 2.36. The van der Waals surface area contributed by atoms with Crippen LogP contribution >= 0.6 is 23.4 Å². The molecule has 0 fully saturated rings. The third-order valence-electron chi connectivity index (χ3n) is 5.43. The Bertz CT molecular complexity index is 1450. The number of hydrazone groups is 1. The largest absolute Gasteiger partial charge is 0.493 e. The number of hydrogen-bond donors (Lipinski definition) is 1. The first-order valence-electron chi connectivity index (χ1n) is 10.9. The summed E-state index contributed by atoms with van der Waals surface area (Å²) in [6, 6.07) is 15.0. The molecule has 8 nitrogen and oxygen atoms in total. The number of aliphatic imine (C=N–C) groups is 1. The number of amides is 1. The molecule has 0 unspecified atom stereocenters. The van der Waals surface area contributed by atoms with Crippen molar-refractivity contribution in [1.82, 2.24) is 9.99 Å². The van der Waals surface area contributed by atoms with Gasteiger partial charge in [0.1, 0.15) is 11.7 Å². The van der Waals surface area contributed by atoms with Crippen LogP contribution in [0.15, 0.2) is 76.6 Å². The second kappa shape index (κ2) is 9.96. The summed E-state index contributed by atoms with van der Waals surface area (Å²) in [7, 11) is 1.52. The Morgan fingerprint density at radius 2 is 2.00 bits per heavy atom. The Balaban J connectivity index is 1.41. The highest BCUT2D eigenvalue weighted by atomic mass is 35.5. The Hall–Kier alpha value is -3.95. The zero-order valence-electron chi connectivity index (χ0n) is 19.4. The second-order valence-electron chi connectivity index (χ2n) is 7.98. The number of rotatable bonds is 6. The number of pyridine rings is 1. The first-order chi connectivity index (χ1) is 17.4. The minimum absolute atomic E-state index is 0.0776. The predicted octanol–water partition coefficient (Wildman–Crippen LogP) is 5.30. The number of aryl methyl sites for hydroxylation is 1. The van der Waals surface area contributed by atoms with E-state index in [1.165, 1.54) is 23.9 Å². The maximum Gasteiger partial charge on any atom is 0.283 e. The van der Waals surface area contributed by atoms with E-state index in [1.807, 2.05) is 37.3 Å². The molecular formula is C26H20ClN5O3S. The van der Waals surface area contributed by atoms with Gasteiger partial charge in [0.2, 0.25) is 5.17 Å². The van der Waals surface area contributed by atoms with Gasteiger partial charge in [0, 0.05) is 18.0 Å². The van der Waals surface area contributed by atoms with Crippen LogP contribution in [0.3, 0.4) is 0 Å². The zero-order chi connectivity index (χ0) is 25.2. The standard InChI is InChI=1S/C26H20ClN5O3S/c1-15-5-7-16(8-6-15)14-35-22-20(27)11-17(12-21(22)34-2)10-19-23(28)32-26(30-24(19)33)36-25(31-32)18-4-3-9-29-13-18/h3-13,28H,14H2,1-2H3. The average molecular weight is 518 g/mol. The summed E-state index contributed by atoms with van der Waals surface area (Å²) in [6.45, 7) is 2.34. The quantitative estimate of drug-likeness (QED) is 0.445. The molecule has 0 aliphatic carbocycles. The molecule has 0 bridgehead atoms. The number of nitrogens with zero attached hydrogens (tertiary/aromatic N) is 4. The van der Waals surface area contributed by atoms with Crippen molar-refractivity contribution in [3.8, 4) is 11.5 Å². The van der Waals surface area contributed by atoms with Crippen LogP contribution in [-0.4, -0.2) is 39.1 Å². The topological polar surface area (TPSA) is 100 Å². The molecule has 0 spiro atoms. The number of thioether (sulfide) groups is 1. The third-order valence-corrected chi connectivity index (χ3v) is 6.67. The molecule has 0 saturated heterocycles. The molecule has 0 atom stereocenters.